The summed E-state index contributed by atoms with van der Waals surface area (Å²) in [6.45, 7) is 0.607. The van der Waals surface area contributed by atoms with Crippen molar-refractivity contribution >= 4 is 57.9 Å². The fourth-order valence-corrected chi connectivity index (χ4v) is 4.31. The standard InChI is InChI=1S/C20H17Cl2N5O2S/c21-12-3-7-14(8-4-12)23-17(28)19-26-25-18(30-19)16-2-1-11-27(16)20(29)24-15-9-5-13(22)6-10-15/h3-10,16H,1-2,11H2,(H,23,28)(H,24,29). The summed E-state index contributed by atoms with van der Waals surface area (Å²) in [5.74, 6) is -0.351. The summed E-state index contributed by atoms with van der Waals surface area (Å²) in [5.41, 5.74) is 1.28. The van der Waals surface area contributed by atoms with Crippen LogP contribution < -0.4 is 10.6 Å². The van der Waals surface area contributed by atoms with Gasteiger partial charge in [0.15, 0.2) is 0 Å². The average Bonchev–Trinajstić information content (AvgIpc) is 3.40. The lowest BCUT2D eigenvalue weighted by atomic mass is 10.2. The Hall–Kier alpha value is -2.68. The third-order valence-electron chi connectivity index (χ3n) is 4.63. The highest BCUT2D eigenvalue weighted by molar-refractivity contribution is 7.13. The lowest BCUT2D eigenvalue weighted by Crippen LogP contribution is -2.34. The number of aromatic nitrogens is 2. The topological polar surface area (TPSA) is 87.2 Å². The number of halogens is 2. The molecule has 0 bridgehead atoms. The van der Waals surface area contributed by atoms with Crippen molar-refractivity contribution in [2.75, 3.05) is 17.2 Å². The molecule has 0 aliphatic carbocycles. The number of amides is 3. The van der Waals surface area contributed by atoms with E-state index >= 15 is 0 Å². The largest absolute Gasteiger partial charge is 0.322 e. The van der Waals surface area contributed by atoms with Crippen LogP contribution in [0.15, 0.2) is 48.5 Å². The van der Waals surface area contributed by atoms with Crippen LogP contribution in [0.25, 0.3) is 0 Å². The number of hydrogen-bond donors (Lipinski definition) is 2. The molecule has 0 spiro atoms. The second-order valence-corrected chi connectivity index (χ2v) is 8.58. The van der Waals surface area contributed by atoms with Gasteiger partial charge in [0.05, 0.1) is 6.04 Å². The molecular weight excluding hydrogens is 445 g/mol. The quantitative estimate of drug-likeness (QED) is 0.539. The first-order valence-corrected chi connectivity index (χ1v) is 10.8. The Bertz CT molecular complexity index is 1060. The maximum atomic E-state index is 12.7. The number of carbonyl (C=O) groups excluding carboxylic acids is 2. The summed E-state index contributed by atoms with van der Waals surface area (Å²) in [6.07, 6.45) is 1.62. The molecule has 1 aliphatic heterocycles. The number of nitrogens with zero attached hydrogens (tertiary/aromatic N) is 3. The molecule has 4 rings (SSSR count). The summed E-state index contributed by atoms with van der Waals surface area (Å²) in [6, 6.07) is 13.3. The van der Waals surface area contributed by atoms with Gasteiger partial charge in [0, 0.05) is 28.0 Å². The van der Waals surface area contributed by atoms with Gasteiger partial charge < -0.3 is 15.5 Å². The first kappa shape index (κ1) is 20.6. The first-order chi connectivity index (χ1) is 14.5. The second-order valence-electron chi connectivity index (χ2n) is 6.69. The van der Waals surface area contributed by atoms with Crippen molar-refractivity contribution in [3.63, 3.8) is 0 Å². The molecule has 2 aromatic carbocycles. The van der Waals surface area contributed by atoms with Crippen LogP contribution >= 0.6 is 34.5 Å². The first-order valence-electron chi connectivity index (χ1n) is 9.23. The van der Waals surface area contributed by atoms with Gasteiger partial charge in [-0.15, -0.1) is 10.2 Å². The zero-order valence-electron chi connectivity index (χ0n) is 15.6. The van der Waals surface area contributed by atoms with E-state index in [9.17, 15) is 9.59 Å². The van der Waals surface area contributed by atoms with E-state index in [4.69, 9.17) is 23.2 Å². The van der Waals surface area contributed by atoms with Crippen molar-refractivity contribution in [1.82, 2.24) is 15.1 Å². The SMILES string of the molecule is O=C(Nc1ccc(Cl)cc1)c1nnc(C2CCCN2C(=O)Nc2ccc(Cl)cc2)s1. The molecule has 10 heteroatoms. The predicted molar refractivity (Wildman–Crippen MR) is 118 cm³/mol. The summed E-state index contributed by atoms with van der Waals surface area (Å²) in [7, 11) is 0. The molecule has 2 heterocycles. The number of urea groups is 1. The van der Waals surface area contributed by atoms with Crippen molar-refractivity contribution < 1.29 is 9.59 Å². The van der Waals surface area contributed by atoms with E-state index in [1.807, 2.05) is 0 Å². The number of carbonyl (C=O) groups is 2. The predicted octanol–water partition coefficient (Wildman–Crippen LogP) is 5.47. The van der Waals surface area contributed by atoms with Crippen LogP contribution in [0.3, 0.4) is 0 Å². The number of rotatable bonds is 4. The molecule has 1 saturated heterocycles. The van der Waals surface area contributed by atoms with Crippen LogP contribution in [0.5, 0.6) is 0 Å². The van der Waals surface area contributed by atoms with Gasteiger partial charge in [-0.3, -0.25) is 4.79 Å². The van der Waals surface area contributed by atoms with Crippen molar-refractivity contribution in [3.8, 4) is 0 Å². The highest BCUT2D eigenvalue weighted by atomic mass is 35.5. The van der Waals surface area contributed by atoms with Crippen LogP contribution in [0, 0.1) is 0 Å². The van der Waals surface area contributed by atoms with Gasteiger partial charge in [-0.05, 0) is 61.4 Å². The minimum absolute atomic E-state index is 0.216. The highest BCUT2D eigenvalue weighted by Gasteiger charge is 2.33. The summed E-state index contributed by atoms with van der Waals surface area (Å²) in [5, 5.41) is 15.9. The minimum atomic E-state index is -0.351. The molecule has 3 amide bonds. The van der Waals surface area contributed by atoms with Crippen molar-refractivity contribution in [3.05, 3.63) is 68.6 Å². The van der Waals surface area contributed by atoms with Gasteiger partial charge >= 0.3 is 6.03 Å². The maximum Gasteiger partial charge on any atom is 0.322 e. The van der Waals surface area contributed by atoms with Gasteiger partial charge in [0.1, 0.15) is 5.01 Å². The van der Waals surface area contributed by atoms with Crippen LogP contribution in [-0.2, 0) is 0 Å². The molecule has 1 unspecified atom stereocenters. The Labute approximate surface area is 187 Å². The van der Waals surface area contributed by atoms with E-state index in [2.05, 4.69) is 20.8 Å². The molecule has 3 aromatic rings. The molecule has 1 fully saturated rings. The molecular formula is C20H17Cl2N5O2S. The molecule has 2 N–H and O–H groups in total. The third-order valence-corrected chi connectivity index (χ3v) is 6.16. The Morgan fingerprint density at radius 1 is 0.933 bits per heavy atom. The van der Waals surface area contributed by atoms with Crippen molar-refractivity contribution in [2.24, 2.45) is 0 Å². The van der Waals surface area contributed by atoms with E-state index in [1.165, 1.54) is 11.3 Å². The van der Waals surface area contributed by atoms with Crippen LogP contribution in [0.4, 0.5) is 16.2 Å². The van der Waals surface area contributed by atoms with E-state index < -0.39 is 0 Å². The fourth-order valence-electron chi connectivity index (χ4n) is 3.17. The Morgan fingerprint density at radius 3 is 2.17 bits per heavy atom. The molecule has 7 nitrogen and oxygen atoms in total. The van der Waals surface area contributed by atoms with E-state index in [-0.39, 0.29) is 23.0 Å². The van der Waals surface area contributed by atoms with Gasteiger partial charge in [-0.2, -0.15) is 0 Å². The number of benzene rings is 2. The molecule has 30 heavy (non-hydrogen) atoms. The summed E-state index contributed by atoms with van der Waals surface area (Å²) in [4.78, 5) is 26.9. The average molecular weight is 462 g/mol. The number of nitrogens with one attached hydrogen (secondary N) is 2. The second kappa shape index (κ2) is 8.99. The lowest BCUT2D eigenvalue weighted by molar-refractivity contribution is 0.102. The zero-order valence-corrected chi connectivity index (χ0v) is 18.0. The minimum Gasteiger partial charge on any atom is -0.320 e. The van der Waals surface area contributed by atoms with Crippen molar-refractivity contribution in [2.45, 2.75) is 18.9 Å². The van der Waals surface area contributed by atoms with Gasteiger partial charge in [-0.25, -0.2) is 4.79 Å². The monoisotopic (exact) mass is 461 g/mol. The number of likely N-dealkylation sites (tertiary alicyclic amines) is 1. The van der Waals surface area contributed by atoms with Crippen molar-refractivity contribution in [1.29, 1.82) is 0 Å². The van der Waals surface area contributed by atoms with Crippen LogP contribution in [0.2, 0.25) is 10.0 Å². The molecule has 1 aliphatic rings. The van der Waals surface area contributed by atoms with Gasteiger partial charge in [0.2, 0.25) is 5.01 Å². The fraction of sp³-hybridized carbons (Fsp3) is 0.200. The van der Waals surface area contributed by atoms with Gasteiger partial charge in [-0.1, -0.05) is 34.5 Å². The molecule has 0 saturated carbocycles. The molecule has 1 aromatic heterocycles. The maximum absolute atomic E-state index is 12.7. The van der Waals surface area contributed by atoms with Crippen LogP contribution in [0.1, 0.15) is 33.7 Å². The Balaban J connectivity index is 1.43. The molecule has 154 valence electrons. The van der Waals surface area contributed by atoms with Gasteiger partial charge in [0.25, 0.3) is 5.91 Å². The third kappa shape index (κ3) is 4.72. The summed E-state index contributed by atoms with van der Waals surface area (Å²) >= 11 is 12.9. The lowest BCUT2D eigenvalue weighted by Gasteiger charge is -2.23. The number of hydrogen-bond acceptors (Lipinski definition) is 5. The molecule has 0 radical (unpaired) electrons. The smallest absolute Gasteiger partial charge is 0.320 e. The number of anilines is 2. The normalized spacial score (nSPS) is 15.8. The van der Waals surface area contributed by atoms with E-state index in [1.54, 1.807) is 53.4 Å². The summed E-state index contributed by atoms with van der Waals surface area (Å²) < 4.78 is 0. The van der Waals surface area contributed by atoms with Crippen LogP contribution in [-0.4, -0.2) is 33.6 Å². The highest BCUT2D eigenvalue weighted by Crippen LogP contribution is 2.34. The molecule has 1 atom stereocenters. The zero-order chi connectivity index (χ0) is 21.1. The Morgan fingerprint density at radius 2 is 1.53 bits per heavy atom. The van der Waals surface area contributed by atoms with E-state index in [0.29, 0.717) is 33.0 Å². The Kier molecular flexibility index (Phi) is 6.17. The van der Waals surface area contributed by atoms with E-state index in [0.717, 1.165) is 12.8 Å².